The van der Waals surface area contributed by atoms with E-state index < -0.39 is 11.6 Å². The zero-order valence-electron chi connectivity index (χ0n) is 6.38. The van der Waals surface area contributed by atoms with Crippen LogP contribution in [0.3, 0.4) is 0 Å². The SMILES string of the molecule is NC(N)(N)CNCC(N)(N)N. The number of nitrogens with one attached hydrogen (secondary N) is 1. The van der Waals surface area contributed by atoms with E-state index >= 15 is 0 Å². The van der Waals surface area contributed by atoms with Crippen molar-refractivity contribution in [2.75, 3.05) is 13.1 Å². The van der Waals surface area contributed by atoms with Gasteiger partial charge >= 0.3 is 0 Å². The first kappa shape index (κ1) is 10.7. The second-order valence-corrected chi connectivity index (χ2v) is 2.83. The summed E-state index contributed by atoms with van der Waals surface area (Å²) in [7, 11) is 0. The zero-order chi connectivity index (χ0) is 9.12. The van der Waals surface area contributed by atoms with Crippen LogP contribution in [0.5, 0.6) is 0 Å². The molecule has 0 rings (SSSR count). The third-order valence-electron chi connectivity index (χ3n) is 0.862. The fourth-order valence-electron chi connectivity index (χ4n) is 0.496. The molecule has 0 aliphatic heterocycles. The van der Waals surface area contributed by atoms with E-state index in [1.54, 1.807) is 0 Å². The summed E-state index contributed by atoms with van der Waals surface area (Å²) in [5, 5.41) is 2.72. The first-order valence-electron chi connectivity index (χ1n) is 3.15. The molecule has 0 unspecified atom stereocenters. The maximum Gasteiger partial charge on any atom is 0.128 e. The average Bonchev–Trinajstić information content (AvgIpc) is 1.55. The molecular formula is C4H17N7. The zero-order valence-corrected chi connectivity index (χ0v) is 6.38. The van der Waals surface area contributed by atoms with Crippen LogP contribution in [0, 0.1) is 0 Å². The lowest BCUT2D eigenvalue weighted by atomic mass is 10.3. The van der Waals surface area contributed by atoms with Gasteiger partial charge in [0.05, 0.1) is 0 Å². The van der Waals surface area contributed by atoms with E-state index in [1.807, 2.05) is 0 Å². The molecule has 0 amide bonds. The van der Waals surface area contributed by atoms with Gasteiger partial charge in [0.25, 0.3) is 0 Å². The standard InChI is InChI=1S/C4H17N7/c5-3(6,7)1-11-2-4(8,9)10/h11H,1-2,5-10H2. The fourth-order valence-corrected chi connectivity index (χ4v) is 0.496. The van der Waals surface area contributed by atoms with Crippen LogP contribution in [-0.4, -0.2) is 24.7 Å². The summed E-state index contributed by atoms with van der Waals surface area (Å²) in [6.07, 6.45) is 0. The Balaban J connectivity index is 3.44. The minimum Gasteiger partial charge on any atom is -0.308 e. The lowest BCUT2D eigenvalue weighted by Gasteiger charge is -2.23. The fraction of sp³-hybridized carbons (Fsp3) is 1.00. The molecular weight excluding hydrogens is 146 g/mol. The van der Waals surface area contributed by atoms with Crippen molar-refractivity contribution in [1.29, 1.82) is 0 Å². The van der Waals surface area contributed by atoms with E-state index in [2.05, 4.69) is 5.32 Å². The van der Waals surface area contributed by atoms with Gasteiger partial charge in [0, 0.05) is 13.1 Å². The Morgan fingerprint density at radius 2 is 1.00 bits per heavy atom. The quantitative estimate of drug-likeness (QED) is 0.205. The maximum atomic E-state index is 5.24. The van der Waals surface area contributed by atoms with Crippen molar-refractivity contribution in [3.05, 3.63) is 0 Å². The van der Waals surface area contributed by atoms with Crippen LogP contribution in [0.15, 0.2) is 0 Å². The van der Waals surface area contributed by atoms with E-state index in [4.69, 9.17) is 34.4 Å². The predicted molar refractivity (Wildman–Crippen MR) is 43.5 cm³/mol. The van der Waals surface area contributed by atoms with Crippen LogP contribution < -0.4 is 39.7 Å². The van der Waals surface area contributed by atoms with Crippen LogP contribution in [-0.2, 0) is 0 Å². The predicted octanol–water partition coefficient (Wildman–Crippen LogP) is -4.36. The number of hydrogen-bond donors (Lipinski definition) is 7. The summed E-state index contributed by atoms with van der Waals surface area (Å²) >= 11 is 0. The van der Waals surface area contributed by atoms with Crippen molar-refractivity contribution in [2.45, 2.75) is 11.6 Å². The van der Waals surface area contributed by atoms with Crippen molar-refractivity contribution in [2.24, 2.45) is 34.4 Å². The first-order chi connectivity index (χ1) is 4.71. The van der Waals surface area contributed by atoms with Gasteiger partial charge in [0.1, 0.15) is 11.6 Å². The Hall–Kier alpha value is -0.280. The number of rotatable bonds is 4. The maximum absolute atomic E-state index is 5.24. The normalized spacial score (nSPS) is 13.6. The Morgan fingerprint density at radius 3 is 1.18 bits per heavy atom. The molecule has 0 saturated heterocycles. The summed E-state index contributed by atoms with van der Waals surface area (Å²) in [6, 6.07) is 0. The molecule has 0 aromatic carbocycles. The summed E-state index contributed by atoms with van der Waals surface area (Å²) < 4.78 is 0. The first-order valence-corrected chi connectivity index (χ1v) is 3.15. The van der Waals surface area contributed by atoms with Gasteiger partial charge in [0.2, 0.25) is 0 Å². The summed E-state index contributed by atoms with van der Waals surface area (Å²) in [6.45, 7) is 0.390. The molecule has 13 N–H and O–H groups in total. The van der Waals surface area contributed by atoms with Crippen molar-refractivity contribution in [3.63, 3.8) is 0 Å². The molecule has 0 atom stereocenters. The highest BCUT2D eigenvalue weighted by atomic mass is 15.2. The van der Waals surface area contributed by atoms with Gasteiger partial charge in [-0.15, -0.1) is 0 Å². The largest absolute Gasteiger partial charge is 0.308 e. The van der Waals surface area contributed by atoms with Gasteiger partial charge in [-0.25, -0.2) is 0 Å². The second kappa shape index (κ2) is 3.41. The Bertz CT molecular complexity index is 94.6. The minimum absolute atomic E-state index is 0.195. The van der Waals surface area contributed by atoms with Gasteiger partial charge in [-0.1, -0.05) is 0 Å². The van der Waals surface area contributed by atoms with Crippen molar-refractivity contribution < 1.29 is 0 Å². The highest BCUT2D eigenvalue weighted by Gasteiger charge is 2.15. The van der Waals surface area contributed by atoms with E-state index in [0.717, 1.165) is 0 Å². The monoisotopic (exact) mass is 163 g/mol. The highest BCUT2D eigenvalue weighted by Crippen LogP contribution is 1.76. The molecule has 11 heavy (non-hydrogen) atoms. The smallest absolute Gasteiger partial charge is 0.128 e. The van der Waals surface area contributed by atoms with Crippen LogP contribution in [0.4, 0.5) is 0 Å². The van der Waals surface area contributed by atoms with Crippen LogP contribution >= 0.6 is 0 Å². The van der Waals surface area contributed by atoms with Crippen molar-refractivity contribution >= 4 is 0 Å². The summed E-state index contributed by atoms with van der Waals surface area (Å²) in [5.41, 5.74) is 31.4. The summed E-state index contributed by atoms with van der Waals surface area (Å²) in [5.74, 6) is -2.52. The molecule has 0 radical (unpaired) electrons. The van der Waals surface area contributed by atoms with Gasteiger partial charge in [0.15, 0.2) is 0 Å². The second-order valence-electron chi connectivity index (χ2n) is 2.83. The van der Waals surface area contributed by atoms with Crippen LogP contribution in [0.25, 0.3) is 0 Å². The van der Waals surface area contributed by atoms with Crippen molar-refractivity contribution in [3.8, 4) is 0 Å². The lowest BCUT2D eigenvalue weighted by molar-refractivity contribution is 0.368. The number of hydrogen-bond acceptors (Lipinski definition) is 7. The van der Waals surface area contributed by atoms with E-state index in [0.29, 0.717) is 0 Å². The molecule has 0 saturated carbocycles. The molecule has 0 aromatic rings. The van der Waals surface area contributed by atoms with Gasteiger partial charge in [-0.05, 0) is 0 Å². The third kappa shape index (κ3) is 9.72. The van der Waals surface area contributed by atoms with Crippen molar-refractivity contribution in [1.82, 2.24) is 5.32 Å². The Morgan fingerprint density at radius 1 is 0.727 bits per heavy atom. The molecule has 7 nitrogen and oxygen atoms in total. The Labute approximate surface area is 65.4 Å². The van der Waals surface area contributed by atoms with E-state index in [1.165, 1.54) is 0 Å². The number of nitrogens with two attached hydrogens (primary N) is 6. The highest BCUT2D eigenvalue weighted by molar-refractivity contribution is 4.76. The molecule has 0 heterocycles. The Kier molecular flexibility index (Phi) is 3.32. The molecule has 0 aliphatic rings. The van der Waals surface area contributed by atoms with Gasteiger partial charge in [-0.3, -0.25) is 0 Å². The molecule has 0 aliphatic carbocycles. The lowest BCUT2D eigenvalue weighted by Crippen LogP contribution is -2.68. The average molecular weight is 163 g/mol. The molecule has 0 fully saturated rings. The van der Waals surface area contributed by atoms with Crippen LogP contribution in [0.2, 0.25) is 0 Å². The molecule has 0 bridgehead atoms. The minimum atomic E-state index is -1.26. The van der Waals surface area contributed by atoms with Gasteiger partial charge < -0.3 is 39.7 Å². The molecule has 0 aromatic heterocycles. The third-order valence-corrected chi connectivity index (χ3v) is 0.862. The summed E-state index contributed by atoms with van der Waals surface area (Å²) in [4.78, 5) is 0. The molecule has 68 valence electrons. The topological polar surface area (TPSA) is 168 Å². The van der Waals surface area contributed by atoms with E-state index in [9.17, 15) is 0 Å². The molecule has 7 heteroatoms. The molecule has 0 spiro atoms. The van der Waals surface area contributed by atoms with Gasteiger partial charge in [-0.2, -0.15) is 0 Å². The van der Waals surface area contributed by atoms with Crippen LogP contribution in [0.1, 0.15) is 0 Å². The van der Waals surface area contributed by atoms with E-state index in [-0.39, 0.29) is 13.1 Å².